The number of nitrogen functional groups attached to an aromatic ring is 1. The molecule has 0 saturated carbocycles. The van der Waals surface area contributed by atoms with Gasteiger partial charge in [-0.05, 0) is 24.6 Å². The fraction of sp³-hybridized carbons (Fsp3) is 0.333. The van der Waals surface area contributed by atoms with Crippen molar-refractivity contribution in [2.24, 2.45) is 0 Å². The maximum Gasteiger partial charge on any atom is 0.240 e. The fourth-order valence-corrected chi connectivity index (χ4v) is 2.35. The minimum Gasteiger partial charge on any atom is -0.399 e. The number of ether oxygens (including phenoxy) is 1. The number of benzene rings is 1. The van der Waals surface area contributed by atoms with E-state index in [1.54, 1.807) is 18.2 Å². The Hall–Kier alpha value is -1.37. The molecule has 0 saturated heterocycles. The Bertz CT molecular complexity index is 486. The van der Waals surface area contributed by atoms with Gasteiger partial charge in [-0.3, -0.25) is 0 Å². The first kappa shape index (κ1) is 14.7. The molecule has 0 aromatic heterocycles. The SMILES string of the molecule is C=CCCOCCNS(=O)(=O)c1cccc(N)c1. The largest absolute Gasteiger partial charge is 0.399 e. The van der Waals surface area contributed by atoms with Crippen LogP contribution in [0.4, 0.5) is 5.69 Å². The van der Waals surface area contributed by atoms with Crippen LogP contribution >= 0.6 is 0 Å². The third-order valence-corrected chi connectivity index (χ3v) is 3.63. The Morgan fingerprint density at radius 3 is 2.83 bits per heavy atom. The van der Waals surface area contributed by atoms with Crippen LogP contribution in [0.25, 0.3) is 0 Å². The van der Waals surface area contributed by atoms with Gasteiger partial charge in [0.15, 0.2) is 0 Å². The van der Waals surface area contributed by atoms with Crippen molar-refractivity contribution in [3.8, 4) is 0 Å². The summed E-state index contributed by atoms with van der Waals surface area (Å²) in [5.41, 5.74) is 5.96. The number of hydrogen-bond donors (Lipinski definition) is 2. The van der Waals surface area contributed by atoms with Gasteiger partial charge < -0.3 is 10.5 Å². The van der Waals surface area contributed by atoms with Gasteiger partial charge in [0, 0.05) is 12.2 Å². The first-order valence-corrected chi connectivity index (χ1v) is 7.08. The Morgan fingerprint density at radius 2 is 2.17 bits per heavy atom. The van der Waals surface area contributed by atoms with Crippen LogP contribution in [0.1, 0.15) is 6.42 Å². The summed E-state index contributed by atoms with van der Waals surface area (Å²) in [6.07, 6.45) is 2.50. The molecule has 3 N–H and O–H groups in total. The lowest BCUT2D eigenvalue weighted by Crippen LogP contribution is -2.27. The lowest BCUT2D eigenvalue weighted by atomic mass is 10.3. The summed E-state index contributed by atoms with van der Waals surface area (Å²) >= 11 is 0. The average molecular weight is 270 g/mol. The summed E-state index contributed by atoms with van der Waals surface area (Å²) in [5, 5.41) is 0. The lowest BCUT2D eigenvalue weighted by Gasteiger charge is -2.07. The molecule has 6 heteroatoms. The topological polar surface area (TPSA) is 81.4 Å². The van der Waals surface area contributed by atoms with E-state index in [1.807, 2.05) is 0 Å². The highest BCUT2D eigenvalue weighted by Crippen LogP contribution is 2.11. The average Bonchev–Trinajstić information content (AvgIpc) is 2.33. The van der Waals surface area contributed by atoms with Crippen molar-refractivity contribution in [3.63, 3.8) is 0 Å². The quantitative estimate of drug-likeness (QED) is 0.421. The van der Waals surface area contributed by atoms with Gasteiger partial charge in [-0.1, -0.05) is 12.1 Å². The van der Waals surface area contributed by atoms with Crippen molar-refractivity contribution in [3.05, 3.63) is 36.9 Å². The van der Waals surface area contributed by atoms with E-state index in [-0.39, 0.29) is 11.4 Å². The van der Waals surface area contributed by atoms with Crippen LogP contribution in [0.15, 0.2) is 41.8 Å². The molecule has 1 rings (SSSR count). The van der Waals surface area contributed by atoms with E-state index in [1.165, 1.54) is 12.1 Å². The van der Waals surface area contributed by atoms with Gasteiger partial charge in [0.25, 0.3) is 0 Å². The molecule has 0 spiro atoms. The van der Waals surface area contributed by atoms with Crippen molar-refractivity contribution in [1.82, 2.24) is 4.72 Å². The van der Waals surface area contributed by atoms with Gasteiger partial charge in [-0.25, -0.2) is 13.1 Å². The molecule has 0 atom stereocenters. The number of sulfonamides is 1. The summed E-state index contributed by atoms with van der Waals surface area (Å²) in [4.78, 5) is 0.161. The van der Waals surface area contributed by atoms with Gasteiger partial charge >= 0.3 is 0 Å². The summed E-state index contributed by atoms with van der Waals surface area (Å²) in [6.45, 7) is 4.67. The van der Waals surface area contributed by atoms with Gasteiger partial charge in [0.1, 0.15) is 0 Å². The maximum absolute atomic E-state index is 11.8. The van der Waals surface area contributed by atoms with Crippen LogP contribution in [0, 0.1) is 0 Å². The van der Waals surface area contributed by atoms with Crippen molar-refractivity contribution >= 4 is 15.7 Å². The Balaban J connectivity index is 2.43. The molecule has 1 aromatic rings. The third kappa shape index (κ3) is 4.87. The molecule has 0 bridgehead atoms. The van der Waals surface area contributed by atoms with Crippen molar-refractivity contribution in [2.45, 2.75) is 11.3 Å². The fourth-order valence-electron chi connectivity index (χ4n) is 1.28. The Labute approximate surface area is 108 Å². The first-order chi connectivity index (χ1) is 8.56. The van der Waals surface area contributed by atoms with Crippen LogP contribution in [0.2, 0.25) is 0 Å². The summed E-state index contributed by atoms with van der Waals surface area (Å²) in [7, 11) is -3.51. The predicted octanol–water partition coefficient (Wildman–Crippen LogP) is 1.14. The zero-order chi connectivity index (χ0) is 13.4. The predicted molar refractivity (Wildman–Crippen MR) is 71.7 cm³/mol. The van der Waals surface area contributed by atoms with E-state index < -0.39 is 10.0 Å². The van der Waals surface area contributed by atoms with Crippen LogP contribution in [0.3, 0.4) is 0 Å². The maximum atomic E-state index is 11.8. The Kier molecular flexibility index (Phi) is 5.84. The molecule has 0 radical (unpaired) electrons. The van der Waals surface area contributed by atoms with Gasteiger partial charge in [0.05, 0.1) is 18.1 Å². The third-order valence-electron chi connectivity index (χ3n) is 2.17. The Morgan fingerprint density at radius 1 is 1.39 bits per heavy atom. The minimum absolute atomic E-state index is 0.161. The van der Waals surface area contributed by atoms with Crippen molar-refractivity contribution in [2.75, 3.05) is 25.5 Å². The molecular weight excluding hydrogens is 252 g/mol. The summed E-state index contributed by atoms with van der Waals surface area (Å²) < 4.78 is 31.3. The van der Waals surface area contributed by atoms with Crippen LogP contribution in [-0.2, 0) is 14.8 Å². The number of rotatable bonds is 8. The monoisotopic (exact) mass is 270 g/mol. The highest BCUT2D eigenvalue weighted by molar-refractivity contribution is 7.89. The zero-order valence-electron chi connectivity index (χ0n) is 10.1. The molecule has 0 amide bonds. The van der Waals surface area contributed by atoms with E-state index in [2.05, 4.69) is 11.3 Å². The standard InChI is InChI=1S/C12H18N2O3S/c1-2-3-8-17-9-7-14-18(15,16)12-6-4-5-11(13)10-12/h2,4-6,10,14H,1,3,7-9,13H2. The molecule has 18 heavy (non-hydrogen) atoms. The second-order valence-electron chi connectivity index (χ2n) is 3.66. The van der Waals surface area contributed by atoms with E-state index in [0.717, 1.165) is 6.42 Å². The van der Waals surface area contributed by atoms with E-state index in [9.17, 15) is 8.42 Å². The summed E-state index contributed by atoms with van der Waals surface area (Å²) in [5.74, 6) is 0. The number of hydrogen-bond acceptors (Lipinski definition) is 4. The molecule has 0 aliphatic heterocycles. The van der Waals surface area contributed by atoms with Crippen LogP contribution < -0.4 is 10.5 Å². The molecule has 0 aliphatic rings. The van der Waals surface area contributed by atoms with Crippen LogP contribution in [-0.4, -0.2) is 28.2 Å². The molecule has 0 unspecified atom stereocenters. The first-order valence-electron chi connectivity index (χ1n) is 5.60. The van der Waals surface area contributed by atoms with Gasteiger partial charge in [0.2, 0.25) is 10.0 Å². The lowest BCUT2D eigenvalue weighted by molar-refractivity contribution is 0.144. The summed E-state index contributed by atoms with van der Waals surface area (Å²) in [6, 6.07) is 6.15. The second kappa shape index (κ2) is 7.15. The smallest absolute Gasteiger partial charge is 0.240 e. The molecule has 1 aromatic carbocycles. The molecule has 0 heterocycles. The highest BCUT2D eigenvalue weighted by Gasteiger charge is 2.12. The minimum atomic E-state index is -3.51. The van der Waals surface area contributed by atoms with E-state index in [0.29, 0.717) is 18.9 Å². The molecule has 0 aliphatic carbocycles. The molecule has 5 nitrogen and oxygen atoms in total. The molecule has 0 fully saturated rings. The van der Waals surface area contributed by atoms with Crippen molar-refractivity contribution < 1.29 is 13.2 Å². The van der Waals surface area contributed by atoms with Gasteiger partial charge in [-0.15, -0.1) is 6.58 Å². The van der Waals surface area contributed by atoms with E-state index >= 15 is 0 Å². The number of nitrogens with one attached hydrogen (secondary N) is 1. The molecular formula is C12H18N2O3S. The normalized spacial score (nSPS) is 11.3. The van der Waals surface area contributed by atoms with Gasteiger partial charge in [-0.2, -0.15) is 0 Å². The highest BCUT2D eigenvalue weighted by atomic mass is 32.2. The molecule has 100 valence electrons. The number of nitrogens with two attached hydrogens (primary N) is 1. The van der Waals surface area contributed by atoms with E-state index in [4.69, 9.17) is 10.5 Å². The number of anilines is 1. The second-order valence-corrected chi connectivity index (χ2v) is 5.43. The zero-order valence-corrected chi connectivity index (χ0v) is 10.9. The van der Waals surface area contributed by atoms with Crippen molar-refractivity contribution in [1.29, 1.82) is 0 Å². The van der Waals surface area contributed by atoms with Crippen LogP contribution in [0.5, 0.6) is 0 Å².